The summed E-state index contributed by atoms with van der Waals surface area (Å²) in [6.45, 7) is 0.182. The molecule has 26 heavy (non-hydrogen) atoms. The van der Waals surface area contributed by atoms with Crippen molar-refractivity contribution in [2.45, 2.75) is 18.9 Å². The number of para-hydroxylation sites is 1. The third-order valence-corrected chi connectivity index (χ3v) is 3.47. The Morgan fingerprint density at radius 1 is 1.35 bits per heavy atom. The quantitative estimate of drug-likeness (QED) is 0.154. The van der Waals surface area contributed by atoms with Gasteiger partial charge in [-0.2, -0.15) is 0 Å². The van der Waals surface area contributed by atoms with Crippen molar-refractivity contribution >= 4 is 29.1 Å². The van der Waals surface area contributed by atoms with Gasteiger partial charge in [0.2, 0.25) is 0 Å². The molecule has 1 amide bonds. The molecular formula is C16H18N6O4. The van der Waals surface area contributed by atoms with E-state index in [9.17, 15) is 19.7 Å². The van der Waals surface area contributed by atoms with Crippen molar-refractivity contribution in [1.82, 2.24) is 15.7 Å². The molecule has 0 saturated heterocycles. The number of carbonyl (C=O) groups excluding carboxylic acids is 2. The molecule has 10 nitrogen and oxygen atoms in total. The molecule has 0 saturated carbocycles. The molecule has 1 unspecified atom stereocenters. The van der Waals surface area contributed by atoms with Gasteiger partial charge in [-0.05, 0) is 25.0 Å². The first-order valence-corrected chi connectivity index (χ1v) is 7.82. The third-order valence-electron chi connectivity index (χ3n) is 3.47. The first-order valence-electron chi connectivity index (χ1n) is 7.82. The number of benzene rings is 1. The lowest BCUT2D eigenvalue weighted by Gasteiger charge is -2.12. The summed E-state index contributed by atoms with van der Waals surface area (Å²) in [6, 6.07) is 10.0. The van der Waals surface area contributed by atoms with E-state index >= 15 is 0 Å². The molecule has 0 spiro atoms. The molecule has 0 aliphatic heterocycles. The summed E-state index contributed by atoms with van der Waals surface area (Å²) in [6.07, 6.45) is 1.36. The smallest absolute Gasteiger partial charge is 0.270 e. The van der Waals surface area contributed by atoms with E-state index in [1.807, 2.05) is 18.2 Å². The van der Waals surface area contributed by atoms with Gasteiger partial charge in [0.25, 0.3) is 11.9 Å². The van der Waals surface area contributed by atoms with Gasteiger partial charge in [-0.3, -0.25) is 4.79 Å². The number of rotatable bonds is 8. The molecule has 10 heteroatoms. The Bertz CT molecular complexity index is 838. The number of amides is 1. The van der Waals surface area contributed by atoms with Crippen molar-refractivity contribution in [3.63, 3.8) is 0 Å². The topological polar surface area (TPSA) is 153 Å². The number of aliphatic imine (C=N–C) groups is 1. The highest BCUT2D eigenvalue weighted by Gasteiger charge is 2.14. The molecular weight excluding hydrogens is 340 g/mol. The fourth-order valence-corrected chi connectivity index (χ4v) is 2.25. The molecule has 0 aliphatic rings. The van der Waals surface area contributed by atoms with Crippen LogP contribution in [0.3, 0.4) is 0 Å². The number of hydrogen-bond donors (Lipinski definition) is 3. The molecule has 0 aliphatic carbocycles. The zero-order chi connectivity index (χ0) is 18.9. The summed E-state index contributed by atoms with van der Waals surface area (Å²) >= 11 is 0. The van der Waals surface area contributed by atoms with Gasteiger partial charge < -0.3 is 15.8 Å². The molecule has 136 valence electrons. The minimum absolute atomic E-state index is 0.182. The van der Waals surface area contributed by atoms with E-state index in [4.69, 9.17) is 5.73 Å². The van der Waals surface area contributed by atoms with Gasteiger partial charge in [0.15, 0.2) is 5.03 Å². The van der Waals surface area contributed by atoms with Crippen LogP contribution in [0.25, 0.3) is 10.9 Å². The average Bonchev–Trinajstić information content (AvgIpc) is 2.63. The molecule has 1 aromatic carbocycles. The Morgan fingerprint density at radius 2 is 2.12 bits per heavy atom. The van der Waals surface area contributed by atoms with E-state index in [2.05, 4.69) is 15.3 Å². The lowest BCUT2D eigenvalue weighted by atomic mass is 10.1. The Labute approximate surface area is 148 Å². The predicted octanol–water partition coefficient (Wildman–Crippen LogP) is 0.408. The van der Waals surface area contributed by atoms with Gasteiger partial charge in [0.1, 0.15) is 12.0 Å². The highest BCUT2D eigenvalue weighted by Crippen LogP contribution is 2.12. The highest BCUT2D eigenvalue weighted by atomic mass is 16.7. The molecule has 0 fully saturated rings. The third kappa shape index (κ3) is 5.51. The number of carbonyl (C=O) groups is 2. The zero-order valence-electron chi connectivity index (χ0n) is 13.8. The number of nitrogens with zero attached hydrogens (tertiary/aromatic N) is 3. The number of nitrogens with two attached hydrogens (primary N) is 1. The SMILES string of the molecule is NC(=NCCCC(C=O)NC(=O)c1ccc2ccccc2n1)N[N+](=O)[O-]. The van der Waals surface area contributed by atoms with E-state index in [1.165, 1.54) is 0 Å². The second-order valence-corrected chi connectivity index (χ2v) is 5.38. The number of aromatic nitrogens is 1. The molecule has 0 bridgehead atoms. The van der Waals surface area contributed by atoms with Crippen molar-refractivity contribution in [3.05, 3.63) is 52.2 Å². The van der Waals surface area contributed by atoms with Crippen LogP contribution in [-0.2, 0) is 4.79 Å². The van der Waals surface area contributed by atoms with Gasteiger partial charge in [0, 0.05) is 11.9 Å². The second kappa shape index (κ2) is 9.06. The minimum atomic E-state index is -0.816. The van der Waals surface area contributed by atoms with Gasteiger partial charge >= 0.3 is 0 Å². The number of nitrogens with one attached hydrogen (secondary N) is 2. The maximum absolute atomic E-state index is 12.3. The summed E-state index contributed by atoms with van der Waals surface area (Å²) < 4.78 is 0. The molecule has 1 atom stereocenters. The Hall–Kier alpha value is -3.56. The van der Waals surface area contributed by atoms with E-state index in [0.29, 0.717) is 24.6 Å². The first kappa shape index (κ1) is 18.8. The number of aldehydes is 1. The number of nitro groups is 1. The zero-order valence-corrected chi connectivity index (χ0v) is 13.8. The number of fused-ring (bicyclic) bond motifs is 1. The lowest BCUT2D eigenvalue weighted by Crippen LogP contribution is -2.37. The lowest BCUT2D eigenvalue weighted by molar-refractivity contribution is -0.525. The van der Waals surface area contributed by atoms with Gasteiger partial charge in [-0.1, -0.05) is 29.7 Å². The Kier molecular flexibility index (Phi) is 6.54. The monoisotopic (exact) mass is 358 g/mol. The maximum Gasteiger partial charge on any atom is 0.270 e. The van der Waals surface area contributed by atoms with Gasteiger partial charge in [-0.15, -0.1) is 0 Å². The number of hydrogen-bond acceptors (Lipinski definition) is 6. The summed E-state index contributed by atoms with van der Waals surface area (Å²) in [5, 5.41) is 12.9. The molecule has 1 heterocycles. The van der Waals surface area contributed by atoms with Crippen LogP contribution < -0.4 is 16.5 Å². The standard InChI is InChI=1S/C16H18N6O4/c17-16(21-22(25)26)18-9-3-5-12(10-23)19-15(24)14-8-7-11-4-1-2-6-13(11)20-14/h1-2,4,6-8,10,12H,3,5,9H2,(H,19,24)(H3,17,18,21). The van der Waals surface area contributed by atoms with Crippen molar-refractivity contribution in [2.24, 2.45) is 10.7 Å². The van der Waals surface area contributed by atoms with Crippen LogP contribution in [0.2, 0.25) is 0 Å². The fraction of sp³-hybridized carbons (Fsp3) is 0.250. The van der Waals surface area contributed by atoms with Crippen LogP contribution in [0.4, 0.5) is 0 Å². The second-order valence-electron chi connectivity index (χ2n) is 5.38. The molecule has 0 radical (unpaired) electrons. The van der Waals surface area contributed by atoms with Crippen molar-refractivity contribution < 1.29 is 14.6 Å². The van der Waals surface area contributed by atoms with Gasteiger partial charge in [0.05, 0.1) is 11.6 Å². The number of hydrazine groups is 1. The van der Waals surface area contributed by atoms with Crippen molar-refractivity contribution in [3.8, 4) is 0 Å². The van der Waals surface area contributed by atoms with Crippen LogP contribution >= 0.6 is 0 Å². The van der Waals surface area contributed by atoms with E-state index in [0.717, 1.165) is 5.39 Å². The molecule has 1 aromatic heterocycles. The van der Waals surface area contributed by atoms with Crippen molar-refractivity contribution in [2.75, 3.05) is 6.54 Å². The van der Waals surface area contributed by atoms with Crippen LogP contribution in [-0.4, -0.2) is 40.8 Å². The fourth-order valence-electron chi connectivity index (χ4n) is 2.25. The maximum atomic E-state index is 12.3. The number of pyridine rings is 1. The van der Waals surface area contributed by atoms with Crippen LogP contribution in [0.15, 0.2) is 41.4 Å². The van der Waals surface area contributed by atoms with Crippen LogP contribution in [0.5, 0.6) is 0 Å². The summed E-state index contributed by atoms with van der Waals surface area (Å²) in [5.41, 5.74) is 7.89. The van der Waals surface area contributed by atoms with Crippen LogP contribution in [0.1, 0.15) is 23.3 Å². The summed E-state index contributed by atoms with van der Waals surface area (Å²) in [5.74, 6) is -0.770. The molecule has 2 aromatic rings. The van der Waals surface area contributed by atoms with E-state index in [-0.39, 0.29) is 18.2 Å². The average molecular weight is 358 g/mol. The Balaban J connectivity index is 1.88. The first-order chi connectivity index (χ1) is 12.5. The van der Waals surface area contributed by atoms with Crippen molar-refractivity contribution in [1.29, 1.82) is 0 Å². The number of guanidine groups is 1. The van der Waals surface area contributed by atoms with E-state index < -0.39 is 17.0 Å². The molecule has 2 rings (SSSR count). The minimum Gasteiger partial charge on any atom is -0.365 e. The van der Waals surface area contributed by atoms with E-state index in [1.54, 1.807) is 23.6 Å². The van der Waals surface area contributed by atoms with Gasteiger partial charge in [-0.25, -0.2) is 20.1 Å². The highest BCUT2D eigenvalue weighted by molar-refractivity contribution is 5.96. The summed E-state index contributed by atoms with van der Waals surface area (Å²) in [7, 11) is 0. The largest absolute Gasteiger partial charge is 0.365 e. The predicted molar refractivity (Wildman–Crippen MR) is 94.9 cm³/mol. The Morgan fingerprint density at radius 3 is 2.85 bits per heavy atom. The van der Waals surface area contributed by atoms with Crippen LogP contribution in [0, 0.1) is 10.1 Å². The normalized spacial score (nSPS) is 12.4. The summed E-state index contributed by atoms with van der Waals surface area (Å²) in [4.78, 5) is 41.6. The molecule has 4 N–H and O–H groups in total.